The summed E-state index contributed by atoms with van der Waals surface area (Å²) >= 11 is 6.56. The van der Waals surface area contributed by atoms with Crippen LogP contribution in [0.25, 0.3) is 22.4 Å². The van der Waals surface area contributed by atoms with Gasteiger partial charge in [0.1, 0.15) is 6.10 Å². The van der Waals surface area contributed by atoms with E-state index in [4.69, 9.17) is 25.8 Å². The Hall–Kier alpha value is -2.40. The first-order valence-electron chi connectivity index (χ1n) is 12.2. The number of nitrogens with zero attached hydrogens (tertiary/aromatic N) is 3. The van der Waals surface area contributed by atoms with E-state index in [1.807, 2.05) is 24.3 Å². The quantitative estimate of drug-likeness (QED) is 0.511. The normalized spacial score (nSPS) is 25.5. The van der Waals surface area contributed by atoms with E-state index in [1.54, 1.807) is 6.07 Å². The molecule has 2 aromatic heterocycles. The summed E-state index contributed by atoms with van der Waals surface area (Å²) in [6, 6.07) is 10.1. The van der Waals surface area contributed by atoms with Gasteiger partial charge in [0.2, 0.25) is 0 Å². The topological polar surface area (TPSA) is 72.5 Å². The Morgan fingerprint density at radius 1 is 1.08 bits per heavy atom. The Labute approximate surface area is 210 Å². The molecule has 3 aliphatic heterocycles. The zero-order chi connectivity index (χ0) is 24.9. The number of imidazole rings is 1. The first-order chi connectivity index (χ1) is 17.3. The number of pyridine rings is 1. The number of aromatic nitrogens is 3. The van der Waals surface area contributed by atoms with Crippen molar-refractivity contribution in [3.8, 4) is 17.3 Å². The van der Waals surface area contributed by atoms with Crippen molar-refractivity contribution in [3.05, 3.63) is 40.9 Å². The molecule has 1 unspecified atom stereocenters. The van der Waals surface area contributed by atoms with Crippen molar-refractivity contribution in [2.75, 3.05) is 32.8 Å². The highest BCUT2D eigenvalue weighted by Crippen LogP contribution is 2.34. The molecule has 192 valence electrons. The number of hydrogen-bond donors (Lipinski definition) is 1. The molecule has 36 heavy (non-hydrogen) atoms. The lowest BCUT2D eigenvalue weighted by atomic mass is 9.89. The summed E-state index contributed by atoms with van der Waals surface area (Å²) in [5, 5.41) is 0.481. The minimum absolute atomic E-state index is 0.0777. The second-order valence-corrected chi connectivity index (χ2v) is 10.1. The molecule has 3 saturated heterocycles. The van der Waals surface area contributed by atoms with Gasteiger partial charge in [0.05, 0.1) is 35.5 Å². The lowest BCUT2D eigenvalue weighted by molar-refractivity contribution is -0.147. The molecule has 0 bridgehead atoms. The molecular weight excluding hydrogens is 497 g/mol. The molecule has 1 N–H and O–H groups in total. The highest BCUT2D eigenvalue weighted by molar-refractivity contribution is 6.33. The number of ether oxygens (including phenoxy) is 3. The van der Waals surface area contributed by atoms with Gasteiger partial charge in [-0.05, 0) is 49.9 Å². The van der Waals surface area contributed by atoms with Gasteiger partial charge >= 0.3 is 6.18 Å². The first-order valence-corrected chi connectivity index (χ1v) is 12.6. The number of piperidine rings is 1. The fourth-order valence-electron chi connectivity index (χ4n) is 5.42. The van der Waals surface area contributed by atoms with Crippen molar-refractivity contribution < 1.29 is 27.4 Å². The number of hydrogen-bond acceptors (Lipinski definition) is 6. The smallest absolute Gasteiger partial charge is 0.401 e. The third-order valence-corrected chi connectivity index (χ3v) is 7.52. The van der Waals surface area contributed by atoms with Crippen molar-refractivity contribution in [3.63, 3.8) is 0 Å². The van der Waals surface area contributed by atoms with Gasteiger partial charge in [0.25, 0.3) is 6.01 Å². The fourth-order valence-corrected chi connectivity index (χ4v) is 5.68. The first kappa shape index (κ1) is 24.0. The molecule has 0 radical (unpaired) electrons. The molecule has 0 aliphatic carbocycles. The van der Waals surface area contributed by atoms with Crippen LogP contribution < -0.4 is 4.74 Å². The van der Waals surface area contributed by atoms with Gasteiger partial charge in [0.15, 0.2) is 11.8 Å². The van der Waals surface area contributed by atoms with Crippen LogP contribution >= 0.6 is 11.6 Å². The third kappa shape index (κ3) is 4.91. The molecule has 3 aromatic rings. The molecule has 7 nitrogen and oxygen atoms in total. The summed E-state index contributed by atoms with van der Waals surface area (Å²) in [5.41, 5.74) is 3.73. The SMILES string of the molecule is FC(F)(F)CN1CCC(c2ccc(-c3nc4nc(OC5CO[C@@H]6CCO[C@H]56)[nH]c4cc3Cl)cc2)CC1. The van der Waals surface area contributed by atoms with Crippen LogP contribution in [0.1, 0.15) is 30.7 Å². The van der Waals surface area contributed by atoms with Crippen LogP contribution in [0.3, 0.4) is 0 Å². The Balaban J connectivity index is 1.14. The molecule has 3 aliphatic rings. The van der Waals surface area contributed by atoms with Gasteiger partial charge in [-0.25, -0.2) is 4.98 Å². The number of benzene rings is 1. The number of rotatable bonds is 5. The molecule has 5 heterocycles. The van der Waals surface area contributed by atoms with E-state index in [2.05, 4.69) is 15.0 Å². The van der Waals surface area contributed by atoms with Crippen molar-refractivity contribution in [1.82, 2.24) is 19.9 Å². The van der Waals surface area contributed by atoms with Gasteiger partial charge in [-0.3, -0.25) is 4.90 Å². The van der Waals surface area contributed by atoms with Crippen LogP contribution in [0.2, 0.25) is 5.02 Å². The number of aromatic amines is 1. The lowest BCUT2D eigenvalue weighted by Gasteiger charge is -2.32. The summed E-state index contributed by atoms with van der Waals surface area (Å²) in [5.74, 6) is 0.239. The molecule has 11 heteroatoms. The predicted molar refractivity (Wildman–Crippen MR) is 127 cm³/mol. The van der Waals surface area contributed by atoms with Gasteiger partial charge in [-0.15, -0.1) is 0 Å². The van der Waals surface area contributed by atoms with Crippen molar-refractivity contribution >= 4 is 22.8 Å². The molecule has 3 fully saturated rings. The van der Waals surface area contributed by atoms with E-state index < -0.39 is 12.7 Å². The maximum absolute atomic E-state index is 12.7. The van der Waals surface area contributed by atoms with E-state index in [1.165, 1.54) is 4.90 Å². The number of nitrogens with one attached hydrogen (secondary N) is 1. The lowest BCUT2D eigenvalue weighted by Crippen LogP contribution is -2.39. The number of fused-ring (bicyclic) bond motifs is 2. The minimum atomic E-state index is -4.15. The zero-order valence-corrected chi connectivity index (χ0v) is 20.2. The summed E-state index contributed by atoms with van der Waals surface area (Å²) in [7, 11) is 0. The highest BCUT2D eigenvalue weighted by atomic mass is 35.5. The van der Waals surface area contributed by atoms with Crippen LogP contribution in [-0.2, 0) is 9.47 Å². The van der Waals surface area contributed by atoms with Crippen LogP contribution in [0, 0.1) is 0 Å². The Kier molecular flexibility index (Phi) is 6.31. The van der Waals surface area contributed by atoms with Gasteiger partial charge < -0.3 is 19.2 Å². The van der Waals surface area contributed by atoms with Gasteiger partial charge in [0, 0.05) is 12.2 Å². The standard InChI is InChI=1S/C25H26ClF3N4O3/c26-17-11-18-23(32-24(30-18)36-20-12-35-19-7-10-34-22(19)20)31-21(17)16-3-1-14(2-4-16)15-5-8-33(9-6-15)13-25(27,28)29/h1-4,11,15,19-20,22H,5-10,12-13H2,(H,30,31,32)/t19-,20?,22+/m1/s1. The molecule has 0 spiro atoms. The molecule has 3 atom stereocenters. The second-order valence-electron chi connectivity index (χ2n) is 9.67. The summed E-state index contributed by atoms with van der Waals surface area (Å²) in [6.45, 7) is 1.18. The average Bonchev–Trinajstić information content (AvgIpc) is 3.55. The molecular formula is C25H26ClF3N4O3. The van der Waals surface area contributed by atoms with Crippen LogP contribution in [-0.4, -0.2) is 77.2 Å². The molecule has 0 amide bonds. The van der Waals surface area contributed by atoms with Crippen LogP contribution in [0.5, 0.6) is 6.01 Å². The van der Waals surface area contributed by atoms with Gasteiger partial charge in [-0.2, -0.15) is 18.2 Å². The predicted octanol–water partition coefficient (Wildman–Crippen LogP) is 4.96. The molecule has 0 saturated carbocycles. The van der Waals surface area contributed by atoms with Crippen LogP contribution in [0.15, 0.2) is 30.3 Å². The molecule has 1 aromatic carbocycles. The Morgan fingerprint density at radius 2 is 1.86 bits per heavy atom. The number of alkyl halides is 3. The average molecular weight is 523 g/mol. The van der Waals surface area contributed by atoms with Crippen molar-refractivity contribution in [1.29, 1.82) is 0 Å². The van der Waals surface area contributed by atoms with Crippen molar-refractivity contribution in [2.45, 2.75) is 49.7 Å². The maximum atomic E-state index is 12.7. The monoisotopic (exact) mass is 522 g/mol. The van der Waals surface area contributed by atoms with Crippen molar-refractivity contribution in [2.24, 2.45) is 0 Å². The fraction of sp³-hybridized carbons (Fsp3) is 0.520. The summed E-state index contributed by atoms with van der Waals surface area (Å²) < 4.78 is 55.4. The summed E-state index contributed by atoms with van der Waals surface area (Å²) in [4.78, 5) is 13.8. The number of H-pyrrole nitrogens is 1. The van der Waals surface area contributed by atoms with Gasteiger partial charge in [-0.1, -0.05) is 35.9 Å². The van der Waals surface area contributed by atoms with E-state index >= 15 is 0 Å². The number of halogens is 4. The third-order valence-electron chi connectivity index (χ3n) is 7.23. The Morgan fingerprint density at radius 3 is 2.61 bits per heavy atom. The number of likely N-dealkylation sites (tertiary alicyclic amines) is 1. The zero-order valence-electron chi connectivity index (χ0n) is 19.4. The van der Waals surface area contributed by atoms with E-state index in [0.29, 0.717) is 67.0 Å². The second kappa shape index (κ2) is 9.48. The van der Waals surface area contributed by atoms with E-state index in [0.717, 1.165) is 17.5 Å². The maximum Gasteiger partial charge on any atom is 0.401 e. The largest absolute Gasteiger partial charge is 0.456 e. The molecule has 6 rings (SSSR count). The minimum Gasteiger partial charge on any atom is -0.456 e. The summed E-state index contributed by atoms with van der Waals surface area (Å²) in [6.07, 6.45) is -2.09. The van der Waals surface area contributed by atoms with Crippen LogP contribution in [0.4, 0.5) is 13.2 Å². The Bertz CT molecular complexity index is 1230. The van der Waals surface area contributed by atoms with E-state index in [-0.39, 0.29) is 24.2 Å². The highest BCUT2D eigenvalue weighted by Gasteiger charge is 2.43. The van der Waals surface area contributed by atoms with E-state index in [9.17, 15) is 13.2 Å².